The van der Waals surface area contributed by atoms with Crippen LogP contribution in [0.5, 0.6) is 5.75 Å². The van der Waals surface area contributed by atoms with E-state index in [1.807, 2.05) is 38.1 Å². The largest absolute Gasteiger partial charge is 0.496 e. The van der Waals surface area contributed by atoms with Crippen LogP contribution in [0.1, 0.15) is 19.4 Å². The molecule has 2 rings (SSSR count). The molecule has 1 aromatic carbocycles. The molecule has 0 radical (unpaired) electrons. The number of thioether (sulfide) groups is 1. The monoisotopic (exact) mass is 336 g/mol. The van der Waals surface area contributed by atoms with E-state index in [1.54, 1.807) is 35.7 Å². The molecule has 1 fully saturated rings. The summed E-state index contributed by atoms with van der Waals surface area (Å²) in [6, 6.07) is 7.25. The summed E-state index contributed by atoms with van der Waals surface area (Å²) in [5.74, 6) is 1.91. The summed E-state index contributed by atoms with van der Waals surface area (Å²) in [5, 5.41) is 0. The van der Waals surface area contributed by atoms with E-state index in [1.165, 1.54) is 0 Å². The maximum absolute atomic E-state index is 12.7. The third-order valence-electron chi connectivity index (χ3n) is 4.14. The Morgan fingerprint density at radius 1 is 1.39 bits per heavy atom. The van der Waals surface area contributed by atoms with Crippen molar-refractivity contribution in [3.8, 4) is 5.75 Å². The quantitative estimate of drug-likeness (QED) is 0.825. The number of methoxy groups -OCH3 is 1. The molecule has 0 spiro atoms. The van der Waals surface area contributed by atoms with Gasteiger partial charge in [-0.25, -0.2) is 0 Å². The van der Waals surface area contributed by atoms with Gasteiger partial charge in [-0.2, -0.15) is 0 Å². The molecule has 6 heteroatoms. The molecule has 1 atom stereocenters. The van der Waals surface area contributed by atoms with Crippen LogP contribution in [0.4, 0.5) is 0 Å². The fraction of sp³-hybridized carbons (Fsp3) is 0.529. The normalized spacial score (nSPS) is 17.4. The SMILES string of the molecule is COc1ccccc1CC(=O)N1CSC[C@@H]1C(=O)N(C)C(C)C. The van der Waals surface area contributed by atoms with Crippen molar-refractivity contribution in [3.05, 3.63) is 29.8 Å². The average Bonchev–Trinajstić information content (AvgIpc) is 3.03. The lowest BCUT2D eigenvalue weighted by molar-refractivity contribution is -0.143. The fourth-order valence-corrected chi connectivity index (χ4v) is 3.67. The lowest BCUT2D eigenvalue weighted by Gasteiger charge is -2.29. The lowest BCUT2D eigenvalue weighted by atomic mass is 10.1. The first-order valence-corrected chi connectivity index (χ1v) is 8.87. The summed E-state index contributed by atoms with van der Waals surface area (Å²) in [6.45, 7) is 3.95. The van der Waals surface area contributed by atoms with E-state index in [0.717, 1.165) is 5.56 Å². The predicted molar refractivity (Wildman–Crippen MR) is 92.6 cm³/mol. The second-order valence-corrected chi connectivity index (χ2v) is 6.91. The van der Waals surface area contributed by atoms with Crippen LogP contribution in [0.2, 0.25) is 0 Å². The first kappa shape index (κ1) is 17.7. The number of nitrogens with zero attached hydrogens (tertiary/aromatic N) is 2. The Labute approximate surface area is 142 Å². The Balaban J connectivity index is 2.10. The molecule has 1 heterocycles. The average molecular weight is 336 g/mol. The van der Waals surface area contributed by atoms with Gasteiger partial charge < -0.3 is 14.5 Å². The van der Waals surface area contributed by atoms with Gasteiger partial charge in [-0.3, -0.25) is 9.59 Å². The standard InChI is InChI=1S/C17H24N2O3S/c1-12(2)18(3)17(21)14-10-23-11-19(14)16(20)9-13-7-5-6-8-15(13)22-4/h5-8,12,14H,9-11H2,1-4H3/t14-/m1/s1. The number of carbonyl (C=O) groups excluding carboxylic acids is 2. The highest BCUT2D eigenvalue weighted by Gasteiger charge is 2.36. The molecule has 1 aliphatic rings. The summed E-state index contributed by atoms with van der Waals surface area (Å²) < 4.78 is 5.30. The number of rotatable bonds is 5. The Morgan fingerprint density at radius 3 is 2.74 bits per heavy atom. The molecule has 0 unspecified atom stereocenters. The third-order valence-corrected chi connectivity index (χ3v) is 5.16. The minimum Gasteiger partial charge on any atom is -0.496 e. The van der Waals surface area contributed by atoms with Crippen LogP contribution in [-0.4, -0.2) is 59.5 Å². The van der Waals surface area contributed by atoms with Crippen LogP contribution in [0.3, 0.4) is 0 Å². The zero-order valence-electron chi connectivity index (χ0n) is 14.1. The predicted octanol–water partition coefficient (Wildman–Crippen LogP) is 2.01. The first-order chi connectivity index (χ1) is 11.0. The molecule has 0 bridgehead atoms. The summed E-state index contributed by atoms with van der Waals surface area (Å²) in [6.07, 6.45) is 0.250. The van der Waals surface area contributed by atoms with Gasteiger partial charge in [0, 0.05) is 24.4 Å². The number of benzene rings is 1. The van der Waals surface area contributed by atoms with Gasteiger partial charge in [0.25, 0.3) is 0 Å². The van der Waals surface area contributed by atoms with Crippen molar-refractivity contribution in [3.63, 3.8) is 0 Å². The van der Waals surface area contributed by atoms with Crippen LogP contribution >= 0.6 is 11.8 Å². The van der Waals surface area contributed by atoms with Gasteiger partial charge in [-0.1, -0.05) is 18.2 Å². The molecule has 1 aromatic rings. The van der Waals surface area contributed by atoms with Crippen molar-refractivity contribution in [2.45, 2.75) is 32.4 Å². The molecule has 0 aromatic heterocycles. The summed E-state index contributed by atoms with van der Waals surface area (Å²) in [5.41, 5.74) is 0.848. The maximum atomic E-state index is 12.7. The van der Waals surface area contributed by atoms with Crippen molar-refractivity contribution in [1.29, 1.82) is 0 Å². The molecule has 2 amide bonds. The zero-order chi connectivity index (χ0) is 17.0. The van der Waals surface area contributed by atoms with E-state index >= 15 is 0 Å². The molecular weight excluding hydrogens is 312 g/mol. The summed E-state index contributed by atoms with van der Waals surface area (Å²) >= 11 is 1.62. The third kappa shape index (κ3) is 3.99. The molecule has 1 saturated heterocycles. The smallest absolute Gasteiger partial charge is 0.246 e. The Kier molecular flexibility index (Phi) is 5.93. The highest BCUT2D eigenvalue weighted by atomic mass is 32.2. The van der Waals surface area contributed by atoms with Crippen molar-refractivity contribution in [2.24, 2.45) is 0 Å². The van der Waals surface area contributed by atoms with Gasteiger partial charge in [0.1, 0.15) is 11.8 Å². The first-order valence-electron chi connectivity index (χ1n) is 7.71. The molecule has 0 saturated carbocycles. The maximum Gasteiger partial charge on any atom is 0.246 e. The van der Waals surface area contributed by atoms with E-state index in [0.29, 0.717) is 17.4 Å². The van der Waals surface area contributed by atoms with Crippen molar-refractivity contribution >= 4 is 23.6 Å². The molecule has 23 heavy (non-hydrogen) atoms. The number of para-hydroxylation sites is 1. The van der Waals surface area contributed by atoms with Crippen LogP contribution in [0, 0.1) is 0 Å². The van der Waals surface area contributed by atoms with Crippen LogP contribution in [0.25, 0.3) is 0 Å². The number of amides is 2. The minimum atomic E-state index is -0.366. The zero-order valence-corrected chi connectivity index (χ0v) is 14.9. The number of hydrogen-bond acceptors (Lipinski definition) is 4. The number of ether oxygens (including phenoxy) is 1. The summed E-state index contributed by atoms with van der Waals surface area (Å²) in [4.78, 5) is 28.6. The molecular formula is C17H24N2O3S. The van der Waals surface area contributed by atoms with Gasteiger partial charge in [-0.15, -0.1) is 11.8 Å². The second kappa shape index (κ2) is 7.73. The molecule has 0 N–H and O–H groups in total. The van der Waals surface area contributed by atoms with Gasteiger partial charge in [0.15, 0.2) is 0 Å². The van der Waals surface area contributed by atoms with Crippen molar-refractivity contribution in [2.75, 3.05) is 25.8 Å². The summed E-state index contributed by atoms with van der Waals surface area (Å²) in [7, 11) is 3.39. The van der Waals surface area contributed by atoms with Gasteiger partial charge >= 0.3 is 0 Å². The molecule has 0 aliphatic carbocycles. The van der Waals surface area contributed by atoms with Gasteiger partial charge in [0.2, 0.25) is 11.8 Å². The fourth-order valence-electron chi connectivity index (χ4n) is 2.50. The molecule has 126 valence electrons. The number of likely N-dealkylation sites (N-methyl/N-ethyl adjacent to an activating group) is 1. The van der Waals surface area contributed by atoms with Crippen LogP contribution in [0.15, 0.2) is 24.3 Å². The second-order valence-electron chi connectivity index (χ2n) is 5.91. The Morgan fingerprint density at radius 2 is 2.09 bits per heavy atom. The van der Waals surface area contributed by atoms with Crippen molar-refractivity contribution < 1.29 is 14.3 Å². The molecule has 1 aliphatic heterocycles. The van der Waals surface area contributed by atoms with E-state index in [4.69, 9.17) is 4.74 Å². The molecule has 5 nitrogen and oxygen atoms in total. The Hall–Kier alpha value is -1.69. The van der Waals surface area contributed by atoms with Crippen molar-refractivity contribution in [1.82, 2.24) is 9.80 Å². The number of hydrogen-bond donors (Lipinski definition) is 0. The van der Waals surface area contributed by atoms with Gasteiger partial charge in [0.05, 0.1) is 19.4 Å². The van der Waals surface area contributed by atoms with Gasteiger partial charge in [-0.05, 0) is 19.9 Å². The topological polar surface area (TPSA) is 49.9 Å². The van der Waals surface area contributed by atoms with Crippen LogP contribution in [-0.2, 0) is 16.0 Å². The van der Waals surface area contributed by atoms with E-state index in [2.05, 4.69) is 0 Å². The van der Waals surface area contributed by atoms with Crippen LogP contribution < -0.4 is 4.74 Å². The highest BCUT2D eigenvalue weighted by molar-refractivity contribution is 7.99. The Bertz CT molecular complexity index is 577. The highest BCUT2D eigenvalue weighted by Crippen LogP contribution is 2.25. The lowest BCUT2D eigenvalue weighted by Crippen LogP contribution is -2.49. The number of carbonyl (C=O) groups is 2. The van der Waals surface area contributed by atoms with E-state index in [-0.39, 0.29) is 30.3 Å². The van der Waals surface area contributed by atoms with E-state index in [9.17, 15) is 9.59 Å². The minimum absolute atomic E-state index is 0.0124. The van der Waals surface area contributed by atoms with E-state index < -0.39 is 0 Å².